The fourth-order valence-electron chi connectivity index (χ4n) is 2.34. The molecule has 0 aliphatic carbocycles. The molecule has 2 atom stereocenters. The fraction of sp³-hybridized carbons (Fsp3) is 1.00. The minimum absolute atomic E-state index is 0.357. The van der Waals surface area contributed by atoms with Gasteiger partial charge in [0, 0.05) is 25.7 Å². The van der Waals surface area contributed by atoms with Gasteiger partial charge < -0.3 is 10.1 Å². The summed E-state index contributed by atoms with van der Waals surface area (Å²) in [4.78, 5) is 2.55. The molecular formula is C13H28N2O. The first-order valence-corrected chi connectivity index (χ1v) is 6.70. The molecule has 1 heterocycles. The van der Waals surface area contributed by atoms with Crippen molar-refractivity contribution in [1.82, 2.24) is 10.2 Å². The van der Waals surface area contributed by atoms with Crippen molar-refractivity contribution in [2.75, 3.05) is 32.8 Å². The molecule has 1 rings (SSSR count). The summed E-state index contributed by atoms with van der Waals surface area (Å²) in [6.07, 6.45) is 1.61. The second kappa shape index (κ2) is 7.25. The Morgan fingerprint density at radius 3 is 2.75 bits per heavy atom. The quantitative estimate of drug-likeness (QED) is 0.775. The Bertz CT molecular complexity index is 185. The standard InChI is InChI=1S/C13H28N2O/c1-5-16-12(4)9-15-8-6-7-14-13(10-15)11(2)3/h11-14H,5-10H2,1-4H3. The largest absolute Gasteiger partial charge is 0.377 e. The number of rotatable bonds is 5. The van der Waals surface area contributed by atoms with E-state index >= 15 is 0 Å². The van der Waals surface area contributed by atoms with Gasteiger partial charge in [0.2, 0.25) is 0 Å². The maximum absolute atomic E-state index is 5.62. The van der Waals surface area contributed by atoms with Gasteiger partial charge in [0.25, 0.3) is 0 Å². The summed E-state index contributed by atoms with van der Waals surface area (Å²) in [6.45, 7) is 14.2. The molecule has 2 unspecified atom stereocenters. The second-order valence-electron chi connectivity index (χ2n) is 5.18. The lowest BCUT2D eigenvalue weighted by atomic mass is 10.0. The van der Waals surface area contributed by atoms with Crippen LogP contribution in [0.1, 0.15) is 34.1 Å². The van der Waals surface area contributed by atoms with Crippen LogP contribution >= 0.6 is 0 Å². The van der Waals surface area contributed by atoms with Crippen molar-refractivity contribution in [3.63, 3.8) is 0 Å². The summed E-state index contributed by atoms with van der Waals surface area (Å²) in [7, 11) is 0. The molecule has 16 heavy (non-hydrogen) atoms. The van der Waals surface area contributed by atoms with Crippen LogP contribution in [0.2, 0.25) is 0 Å². The summed E-state index contributed by atoms with van der Waals surface area (Å²) in [5, 5.41) is 3.63. The smallest absolute Gasteiger partial charge is 0.0673 e. The maximum atomic E-state index is 5.62. The molecule has 1 saturated heterocycles. The molecule has 96 valence electrons. The van der Waals surface area contributed by atoms with Crippen molar-refractivity contribution < 1.29 is 4.74 Å². The predicted molar refractivity (Wildman–Crippen MR) is 68.8 cm³/mol. The lowest BCUT2D eigenvalue weighted by molar-refractivity contribution is 0.0442. The first-order chi connectivity index (χ1) is 7.63. The fourth-order valence-corrected chi connectivity index (χ4v) is 2.34. The third-order valence-corrected chi connectivity index (χ3v) is 3.28. The number of nitrogens with zero attached hydrogens (tertiary/aromatic N) is 1. The van der Waals surface area contributed by atoms with Gasteiger partial charge in [-0.3, -0.25) is 4.90 Å². The van der Waals surface area contributed by atoms with Crippen LogP contribution in [0.15, 0.2) is 0 Å². The van der Waals surface area contributed by atoms with E-state index in [1.165, 1.54) is 13.0 Å². The Morgan fingerprint density at radius 2 is 2.12 bits per heavy atom. The van der Waals surface area contributed by atoms with Crippen LogP contribution in [0, 0.1) is 5.92 Å². The Hall–Kier alpha value is -0.120. The highest BCUT2D eigenvalue weighted by Crippen LogP contribution is 2.09. The van der Waals surface area contributed by atoms with Gasteiger partial charge in [0.05, 0.1) is 6.10 Å². The number of hydrogen-bond acceptors (Lipinski definition) is 3. The van der Waals surface area contributed by atoms with Gasteiger partial charge in [0.1, 0.15) is 0 Å². The van der Waals surface area contributed by atoms with Crippen LogP contribution in [0.5, 0.6) is 0 Å². The van der Waals surface area contributed by atoms with E-state index in [2.05, 4.69) is 37.9 Å². The summed E-state index contributed by atoms with van der Waals surface area (Å²) >= 11 is 0. The molecule has 0 radical (unpaired) electrons. The average molecular weight is 228 g/mol. The monoisotopic (exact) mass is 228 g/mol. The van der Waals surface area contributed by atoms with Crippen molar-refractivity contribution in [3.8, 4) is 0 Å². The Labute approximate surface area is 101 Å². The predicted octanol–water partition coefficient (Wildman–Crippen LogP) is 1.73. The van der Waals surface area contributed by atoms with Crippen molar-refractivity contribution in [1.29, 1.82) is 0 Å². The van der Waals surface area contributed by atoms with E-state index in [0.29, 0.717) is 18.1 Å². The van der Waals surface area contributed by atoms with Crippen LogP contribution in [-0.4, -0.2) is 49.8 Å². The molecule has 0 aromatic heterocycles. The first-order valence-electron chi connectivity index (χ1n) is 6.70. The van der Waals surface area contributed by atoms with E-state index in [-0.39, 0.29) is 0 Å². The van der Waals surface area contributed by atoms with Crippen molar-refractivity contribution in [2.45, 2.75) is 46.3 Å². The molecule has 1 aliphatic rings. The van der Waals surface area contributed by atoms with Gasteiger partial charge in [-0.1, -0.05) is 13.8 Å². The zero-order valence-electron chi connectivity index (χ0n) is 11.3. The normalized spacial score (nSPS) is 25.7. The molecule has 0 aromatic carbocycles. The van der Waals surface area contributed by atoms with Crippen LogP contribution in [0.25, 0.3) is 0 Å². The van der Waals surface area contributed by atoms with Gasteiger partial charge in [-0.2, -0.15) is 0 Å². The molecule has 0 bridgehead atoms. The molecule has 3 nitrogen and oxygen atoms in total. The Kier molecular flexibility index (Phi) is 6.32. The number of hydrogen-bond donors (Lipinski definition) is 1. The van der Waals surface area contributed by atoms with Crippen LogP contribution < -0.4 is 5.32 Å². The summed E-state index contributed by atoms with van der Waals surface area (Å²) in [6, 6.07) is 0.635. The molecule has 0 spiro atoms. The van der Waals surface area contributed by atoms with Crippen LogP contribution in [0.4, 0.5) is 0 Å². The third-order valence-electron chi connectivity index (χ3n) is 3.28. The van der Waals surface area contributed by atoms with E-state index in [4.69, 9.17) is 4.74 Å². The summed E-state index contributed by atoms with van der Waals surface area (Å²) in [5.74, 6) is 0.711. The lowest BCUT2D eigenvalue weighted by Gasteiger charge is -2.28. The van der Waals surface area contributed by atoms with Crippen LogP contribution in [-0.2, 0) is 4.74 Å². The Balaban J connectivity index is 2.39. The minimum atomic E-state index is 0.357. The third kappa shape index (κ3) is 4.81. The van der Waals surface area contributed by atoms with E-state index in [0.717, 1.165) is 26.2 Å². The number of ether oxygens (including phenoxy) is 1. The molecule has 1 aliphatic heterocycles. The molecule has 3 heteroatoms. The van der Waals surface area contributed by atoms with Gasteiger partial charge in [-0.15, -0.1) is 0 Å². The van der Waals surface area contributed by atoms with Gasteiger partial charge in [-0.25, -0.2) is 0 Å². The van der Waals surface area contributed by atoms with Crippen molar-refractivity contribution in [2.24, 2.45) is 5.92 Å². The molecule has 0 saturated carbocycles. The van der Waals surface area contributed by atoms with Crippen molar-refractivity contribution in [3.05, 3.63) is 0 Å². The highest BCUT2D eigenvalue weighted by atomic mass is 16.5. The topological polar surface area (TPSA) is 24.5 Å². The second-order valence-corrected chi connectivity index (χ2v) is 5.18. The minimum Gasteiger partial charge on any atom is -0.377 e. The van der Waals surface area contributed by atoms with Crippen LogP contribution in [0.3, 0.4) is 0 Å². The summed E-state index contributed by atoms with van der Waals surface area (Å²) < 4.78 is 5.62. The molecular weight excluding hydrogens is 200 g/mol. The molecule has 1 fully saturated rings. The summed E-state index contributed by atoms with van der Waals surface area (Å²) in [5.41, 5.74) is 0. The van der Waals surface area contributed by atoms with Gasteiger partial charge in [0.15, 0.2) is 0 Å². The van der Waals surface area contributed by atoms with Gasteiger partial charge in [-0.05, 0) is 39.3 Å². The highest BCUT2D eigenvalue weighted by Gasteiger charge is 2.21. The van der Waals surface area contributed by atoms with E-state index in [1.807, 2.05) is 0 Å². The number of nitrogens with one attached hydrogen (secondary N) is 1. The highest BCUT2D eigenvalue weighted by molar-refractivity contribution is 4.79. The molecule has 1 N–H and O–H groups in total. The zero-order valence-corrected chi connectivity index (χ0v) is 11.3. The van der Waals surface area contributed by atoms with E-state index < -0.39 is 0 Å². The van der Waals surface area contributed by atoms with E-state index in [1.54, 1.807) is 0 Å². The first kappa shape index (κ1) is 13.9. The Morgan fingerprint density at radius 1 is 1.38 bits per heavy atom. The van der Waals surface area contributed by atoms with E-state index in [9.17, 15) is 0 Å². The molecule has 0 aromatic rings. The molecule has 0 amide bonds. The zero-order chi connectivity index (χ0) is 12.0. The maximum Gasteiger partial charge on any atom is 0.0673 e. The average Bonchev–Trinajstić information content (AvgIpc) is 2.43. The van der Waals surface area contributed by atoms with Gasteiger partial charge >= 0.3 is 0 Å². The SMILES string of the molecule is CCOC(C)CN1CCCNC(C(C)C)C1. The lowest BCUT2D eigenvalue weighted by Crippen LogP contribution is -2.43. The van der Waals surface area contributed by atoms with Crippen molar-refractivity contribution >= 4 is 0 Å².